The van der Waals surface area contributed by atoms with Crippen LogP contribution in [-0.4, -0.2) is 41.6 Å². The Labute approximate surface area is 108 Å². The van der Waals surface area contributed by atoms with Crippen LogP contribution in [0.1, 0.15) is 10.5 Å². The Balaban J connectivity index is 1.98. The number of anilines is 1. The first kappa shape index (κ1) is 11.4. The van der Waals surface area contributed by atoms with Crippen LogP contribution in [0.3, 0.4) is 0 Å². The first-order valence-corrected chi connectivity index (χ1v) is 6.61. The molecular formula is C12H13N3O2S. The number of rotatable bonds is 2. The fourth-order valence-electron chi connectivity index (χ4n) is 2.20. The maximum absolute atomic E-state index is 11.0. The van der Waals surface area contributed by atoms with Gasteiger partial charge in [0.05, 0.1) is 4.70 Å². The maximum Gasteiger partial charge on any atom is 0.356 e. The molecule has 3 rings (SSSR count). The quantitative estimate of drug-likeness (QED) is 0.857. The molecule has 0 unspecified atom stereocenters. The van der Waals surface area contributed by atoms with Crippen LogP contribution in [0.15, 0.2) is 18.2 Å². The molecule has 94 valence electrons. The second-order valence-electron chi connectivity index (χ2n) is 4.25. The number of carboxylic acids is 1. The van der Waals surface area contributed by atoms with Gasteiger partial charge in [-0.1, -0.05) is 0 Å². The van der Waals surface area contributed by atoms with Crippen LogP contribution in [0.4, 0.5) is 5.69 Å². The SMILES string of the molecule is O=C(O)c1nsc2cc(N3CCNCC3)ccc12. The molecule has 0 atom stereocenters. The second-order valence-corrected chi connectivity index (χ2v) is 5.06. The molecule has 2 N–H and O–H groups in total. The summed E-state index contributed by atoms with van der Waals surface area (Å²) in [6.07, 6.45) is 0. The lowest BCUT2D eigenvalue weighted by Gasteiger charge is -2.29. The number of aromatic nitrogens is 1. The van der Waals surface area contributed by atoms with Crippen molar-refractivity contribution in [3.63, 3.8) is 0 Å². The van der Waals surface area contributed by atoms with Gasteiger partial charge in [-0.05, 0) is 29.7 Å². The van der Waals surface area contributed by atoms with Gasteiger partial charge in [0.25, 0.3) is 0 Å². The zero-order valence-electron chi connectivity index (χ0n) is 9.72. The molecule has 0 radical (unpaired) electrons. The summed E-state index contributed by atoms with van der Waals surface area (Å²) in [7, 11) is 0. The van der Waals surface area contributed by atoms with Crippen molar-refractivity contribution < 1.29 is 9.90 Å². The number of hydrogen-bond acceptors (Lipinski definition) is 5. The van der Waals surface area contributed by atoms with Crippen LogP contribution in [0.2, 0.25) is 0 Å². The van der Waals surface area contributed by atoms with Gasteiger partial charge in [0.2, 0.25) is 0 Å². The third kappa shape index (κ3) is 1.93. The van der Waals surface area contributed by atoms with E-state index in [4.69, 9.17) is 5.11 Å². The smallest absolute Gasteiger partial charge is 0.356 e. The number of nitrogens with zero attached hydrogens (tertiary/aromatic N) is 2. The standard InChI is InChI=1S/C12H13N3O2S/c16-12(17)11-9-2-1-8(7-10(9)18-14-11)15-5-3-13-4-6-15/h1-2,7,13H,3-6H2,(H,16,17). The third-order valence-electron chi connectivity index (χ3n) is 3.14. The maximum atomic E-state index is 11.0. The molecule has 6 heteroatoms. The zero-order valence-corrected chi connectivity index (χ0v) is 10.5. The fourth-order valence-corrected chi connectivity index (χ4v) is 3.00. The number of fused-ring (bicyclic) bond motifs is 1. The molecule has 5 nitrogen and oxygen atoms in total. The van der Waals surface area contributed by atoms with Crippen molar-refractivity contribution in [1.82, 2.24) is 9.69 Å². The predicted molar refractivity (Wildman–Crippen MR) is 71.7 cm³/mol. The monoisotopic (exact) mass is 263 g/mol. The van der Waals surface area contributed by atoms with Crippen molar-refractivity contribution in [3.05, 3.63) is 23.9 Å². The van der Waals surface area contributed by atoms with Gasteiger partial charge in [0.15, 0.2) is 5.69 Å². The Morgan fingerprint density at radius 2 is 2.17 bits per heavy atom. The minimum Gasteiger partial charge on any atom is -0.476 e. The molecular weight excluding hydrogens is 250 g/mol. The minimum atomic E-state index is -0.962. The molecule has 2 aromatic rings. The normalized spacial score (nSPS) is 16.1. The number of carboxylic acid groups (broad SMARTS) is 1. The first-order valence-electron chi connectivity index (χ1n) is 5.84. The number of carbonyl (C=O) groups is 1. The van der Waals surface area contributed by atoms with E-state index in [0.717, 1.165) is 42.0 Å². The van der Waals surface area contributed by atoms with Crippen LogP contribution in [-0.2, 0) is 0 Å². The average Bonchev–Trinajstić information content (AvgIpc) is 2.82. The topological polar surface area (TPSA) is 65.5 Å². The highest BCUT2D eigenvalue weighted by atomic mass is 32.1. The van der Waals surface area contributed by atoms with Gasteiger partial charge >= 0.3 is 5.97 Å². The van der Waals surface area contributed by atoms with E-state index >= 15 is 0 Å². The summed E-state index contributed by atoms with van der Waals surface area (Å²) in [6.45, 7) is 3.94. The molecule has 1 saturated heterocycles. The van der Waals surface area contributed by atoms with Gasteiger partial charge in [-0.3, -0.25) is 0 Å². The molecule has 1 fully saturated rings. The lowest BCUT2D eigenvalue weighted by molar-refractivity contribution is 0.0694. The molecule has 0 aliphatic carbocycles. The van der Waals surface area contributed by atoms with Crippen LogP contribution in [0.5, 0.6) is 0 Å². The first-order chi connectivity index (χ1) is 8.75. The number of aromatic carboxylic acids is 1. The van der Waals surface area contributed by atoms with Gasteiger partial charge in [0, 0.05) is 37.3 Å². The highest BCUT2D eigenvalue weighted by Gasteiger charge is 2.15. The van der Waals surface area contributed by atoms with E-state index in [9.17, 15) is 4.79 Å². The lowest BCUT2D eigenvalue weighted by Crippen LogP contribution is -2.43. The van der Waals surface area contributed by atoms with E-state index in [-0.39, 0.29) is 5.69 Å². The van der Waals surface area contributed by atoms with Gasteiger partial charge in [0.1, 0.15) is 0 Å². The van der Waals surface area contributed by atoms with Crippen molar-refractivity contribution >= 4 is 33.3 Å². The van der Waals surface area contributed by atoms with E-state index in [1.54, 1.807) is 0 Å². The molecule has 1 aromatic carbocycles. The van der Waals surface area contributed by atoms with Crippen molar-refractivity contribution in [2.45, 2.75) is 0 Å². The summed E-state index contributed by atoms with van der Waals surface area (Å²) in [5, 5.41) is 13.1. The van der Waals surface area contributed by atoms with E-state index in [0.29, 0.717) is 0 Å². The Morgan fingerprint density at radius 3 is 2.89 bits per heavy atom. The van der Waals surface area contributed by atoms with Gasteiger partial charge < -0.3 is 15.3 Å². The Morgan fingerprint density at radius 1 is 1.39 bits per heavy atom. The molecule has 1 aliphatic rings. The number of hydrogen-bond donors (Lipinski definition) is 2. The number of nitrogens with one attached hydrogen (secondary N) is 1. The fraction of sp³-hybridized carbons (Fsp3) is 0.333. The van der Waals surface area contributed by atoms with Crippen LogP contribution in [0.25, 0.3) is 10.1 Å². The van der Waals surface area contributed by atoms with Gasteiger partial charge in [-0.2, -0.15) is 4.37 Å². The van der Waals surface area contributed by atoms with Crippen molar-refractivity contribution in [1.29, 1.82) is 0 Å². The molecule has 18 heavy (non-hydrogen) atoms. The van der Waals surface area contributed by atoms with Crippen LogP contribution < -0.4 is 10.2 Å². The Hall–Kier alpha value is -1.66. The number of benzene rings is 1. The van der Waals surface area contributed by atoms with Crippen molar-refractivity contribution in [3.8, 4) is 0 Å². The lowest BCUT2D eigenvalue weighted by atomic mass is 10.2. The highest BCUT2D eigenvalue weighted by Crippen LogP contribution is 2.27. The Bertz CT molecular complexity index is 590. The second kappa shape index (κ2) is 4.55. The van der Waals surface area contributed by atoms with E-state index in [1.807, 2.05) is 18.2 Å². The largest absolute Gasteiger partial charge is 0.476 e. The van der Waals surface area contributed by atoms with Gasteiger partial charge in [-0.15, -0.1) is 0 Å². The molecule has 1 aliphatic heterocycles. The average molecular weight is 263 g/mol. The summed E-state index contributed by atoms with van der Waals surface area (Å²) in [4.78, 5) is 13.3. The summed E-state index contributed by atoms with van der Waals surface area (Å²) in [5.41, 5.74) is 1.30. The predicted octanol–water partition coefficient (Wildman–Crippen LogP) is 1.40. The minimum absolute atomic E-state index is 0.155. The summed E-state index contributed by atoms with van der Waals surface area (Å²) in [5.74, 6) is -0.962. The molecule has 0 saturated carbocycles. The Kier molecular flexibility index (Phi) is 2.89. The van der Waals surface area contributed by atoms with E-state index in [1.165, 1.54) is 11.5 Å². The molecule has 0 amide bonds. The van der Waals surface area contributed by atoms with Crippen LogP contribution in [0, 0.1) is 0 Å². The van der Waals surface area contributed by atoms with Crippen molar-refractivity contribution in [2.24, 2.45) is 0 Å². The summed E-state index contributed by atoms with van der Waals surface area (Å²) < 4.78 is 4.93. The highest BCUT2D eigenvalue weighted by molar-refractivity contribution is 7.13. The molecule has 2 heterocycles. The molecule has 0 spiro atoms. The van der Waals surface area contributed by atoms with E-state index in [2.05, 4.69) is 14.6 Å². The molecule has 1 aromatic heterocycles. The summed E-state index contributed by atoms with van der Waals surface area (Å²) >= 11 is 1.25. The summed E-state index contributed by atoms with van der Waals surface area (Å²) in [6, 6.07) is 5.87. The number of piperazine rings is 1. The van der Waals surface area contributed by atoms with Crippen LogP contribution >= 0.6 is 11.5 Å². The van der Waals surface area contributed by atoms with E-state index < -0.39 is 5.97 Å². The zero-order chi connectivity index (χ0) is 12.5. The third-order valence-corrected chi connectivity index (χ3v) is 3.95. The molecule has 0 bridgehead atoms. The van der Waals surface area contributed by atoms with Gasteiger partial charge in [-0.25, -0.2) is 4.79 Å². The van der Waals surface area contributed by atoms with Crippen molar-refractivity contribution in [2.75, 3.05) is 31.1 Å².